The molecule has 0 saturated heterocycles. The minimum atomic E-state index is -0.552. The first kappa shape index (κ1) is 11.0. The molecule has 3 nitrogen and oxygen atoms in total. The number of benzene rings is 1. The molecule has 2 atom stereocenters. The highest BCUT2D eigenvalue weighted by Crippen LogP contribution is 2.41. The monoisotopic (exact) mass is 267 g/mol. The van der Waals surface area contributed by atoms with Crippen molar-refractivity contribution in [3.63, 3.8) is 0 Å². The van der Waals surface area contributed by atoms with Gasteiger partial charge >= 0.3 is 0 Å². The van der Waals surface area contributed by atoms with Crippen molar-refractivity contribution in [3.05, 3.63) is 45.4 Å². The highest BCUT2D eigenvalue weighted by Gasteiger charge is 2.29. The fourth-order valence-corrected chi connectivity index (χ4v) is 2.76. The van der Waals surface area contributed by atoms with Crippen LogP contribution in [-0.4, -0.2) is 10.1 Å². The molecule has 1 aromatic heterocycles. The summed E-state index contributed by atoms with van der Waals surface area (Å²) in [6.07, 6.45) is -0.217. The lowest BCUT2D eigenvalue weighted by Crippen LogP contribution is -2.19. The molecule has 2 aromatic rings. The summed E-state index contributed by atoms with van der Waals surface area (Å²) in [5.41, 5.74) is 3.39. The van der Waals surface area contributed by atoms with Crippen molar-refractivity contribution < 1.29 is 9.84 Å². The number of hydrogen-bond acceptors (Lipinski definition) is 4. The predicted molar refractivity (Wildman–Crippen MR) is 66.5 cm³/mol. The van der Waals surface area contributed by atoms with Crippen molar-refractivity contribution in [2.75, 3.05) is 0 Å². The van der Waals surface area contributed by atoms with Gasteiger partial charge in [0.1, 0.15) is 11.9 Å². The smallest absolute Gasteiger partial charge is 0.144 e. The van der Waals surface area contributed by atoms with Crippen LogP contribution in [0.3, 0.4) is 0 Å². The van der Waals surface area contributed by atoms with Crippen LogP contribution in [0.4, 0.5) is 0 Å². The second kappa shape index (κ2) is 4.29. The van der Waals surface area contributed by atoms with E-state index < -0.39 is 6.10 Å². The first-order valence-electron chi connectivity index (χ1n) is 5.26. The van der Waals surface area contributed by atoms with E-state index in [0.29, 0.717) is 17.2 Å². The van der Waals surface area contributed by atoms with Gasteiger partial charge in [0, 0.05) is 22.4 Å². The summed E-state index contributed by atoms with van der Waals surface area (Å²) in [7, 11) is 0. The van der Waals surface area contributed by atoms with E-state index >= 15 is 0 Å². The molecule has 0 spiro atoms. The second-order valence-electron chi connectivity index (χ2n) is 3.95. The second-order valence-corrected chi connectivity index (χ2v) is 5.11. The maximum absolute atomic E-state index is 10.1. The number of nitrogens with zero attached hydrogens (tertiary/aromatic N) is 1. The molecular weight excluding hydrogens is 258 g/mol. The van der Waals surface area contributed by atoms with E-state index in [-0.39, 0.29) is 6.10 Å². The summed E-state index contributed by atoms with van der Waals surface area (Å²) < 4.78 is 5.83. The van der Waals surface area contributed by atoms with Crippen LogP contribution in [0, 0.1) is 0 Å². The Morgan fingerprint density at radius 3 is 3.12 bits per heavy atom. The van der Waals surface area contributed by atoms with E-state index in [9.17, 15) is 5.11 Å². The van der Waals surface area contributed by atoms with Gasteiger partial charge in [-0.1, -0.05) is 11.6 Å². The maximum atomic E-state index is 10.1. The van der Waals surface area contributed by atoms with Gasteiger partial charge in [-0.25, -0.2) is 4.98 Å². The normalized spacial score (nSPS) is 22.9. The van der Waals surface area contributed by atoms with Gasteiger partial charge in [-0.05, 0) is 18.2 Å². The molecule has 0 radical (unpaired) electrons. The highest BCUT2D eigenvalue weighted by molar-refractivity contribution is 7.07. The molecule has 88 valence electrons. The minimum absolute atomic E-state index is 0.176. The number of halogens is 1. The van der Waals surface area contributed by atoms with Crippen molar-refractivity contribution in [1.82, 2.24) is 4.98 Å². The van der Waals surface area contributed by atoms with Gasteiger partial charge in [-0.15, -0.1) is 11.3 Å². The molecule has 5 heteroatoms. The highest BCUT2D eigenvalue weighted by atomic mass is 35.5. The molecule has 0 amide bonds. The summed E-state index contributed by atoms with van der Waals surface area (Å²) in [6, 6.07) is 5.30. The molecule has 1 N–H and O–H groups in total. The molecule has 0 aliphatic carbocycles. The Bertz CT molecular complexity index is 529. The topological polar surface area (TPSA) is 42.4 Å². The molecule has 0 bridgehead atoms. The van der Waals surface area contributed by atoms with Gasteiger partial charge in [0.05, 0.1) is 17.3 Å². The zero-order valence-corrected chi connectivity index (χ0v) is 10.4. The van der Waals surface area contributed by atoms with Gasteiger partial charge in [0.2, 0.25) is 0 Å². The van der Waals surface area contributed by atoms with Crippen LogP contribution in [0.25, 0.3) is 0 Å². The summed E-state index contributed by atoms with van der Waals surface area (Å²) in [6.45, 7) is 0. The number of rotatable bonds is 1. The molecule has 17 heavy (non-hydrogen) atoms. The zero-order valence-electron chi connectivity index (χ0n) is 8.84. The summed E-state index contributed by atoms with van der Waals surface area (Å²) in [5.74, 6) is 0.686. The van der Waals surface area contributed by atoms with Crippen LogP contribution in [0.5, 0.6) is 5.75 Å². The first-order valence-corrected chi connectivity index (χ1v) is 6.58. The average Bonchev–Trinajstić information content (AvgIpc) is 2.83. The van der Waals surface area contributed by atoms with Gasteiger partial charge in [-0.2, -0.15) is 0 Å². The third kappa shape index (κ3) is 2.04. The summed E-state index contributed by atoms with van der Waals surface area (Å²) >= 11 is 7.42. The molecule has 1 unspecified atom stereocenters. The molecule has 1 aromatic carbocycles. The lowest BCUT2D eigenvalue weighted by atomic mass is 9.98. The van der Waals surface area contributed by atoms with Crippen LogP contribution in [0.15, 0.2) is 29.1 Å². The molecular formula is C12H10ClNO2S. The molecule has 0 saturated carbocycles. The number of aromatic nitrogens is 1. The summed E-state index contributed by atoms with van der Waals surface area (Å²) in [4.78, 5) is 4.22. The third-order valence-corrected chi connectivity index (χ3v) is 3.66. The quantitative estimate of drug-likeness (QED) is 0.862. The number of ether oxygens (including phenoxy) is 1. The Labute approximate surface area is 108 Å². The zero-order chi connectivity index (χ0) is 11.8. The standard InChI is InChI=1S/C12H10ClNO2S/c13-7-1-2-11-8(3-7)10(15)4-12(16-11)9-5-17-6-14-9/h1-3,5-6,10,12,15H,4H2/t10-,12?/m0/s1. The molecule has 1 aliphatic rings. The Hall–Kier alpha value is -1.10. The number of aliphatic hydroxyl groups excluding tert-OH is 1. The number of fused-ring (bicyclic) bond motifs is 1. The fraction of sp³-hybridized carbons (Fsp3) is 0.250. The minimum Gasteiger partial charge on any atom is -0.484 e. The van der Waals surface area contributed by atoms with Crippen molar-refractivity contribution in [2.45, 2.75) is 18.6 Å². The van der Waals surface area contributed by atoms with E-state index in [4.69, 9.17) is 16.3 Å². The first-order chi connectivity index (χ1) is 8.24. The lowest BCUT2D eigenvalue weighted by molar-refractivity contribution is 0.0640. The van der Waals surface area contributed by atoms with Crippen LogP contribution >= 0.6 is 22.9 Å². The van der Waals surface area contributed by atoms with Crippen LogP contribution in [0.1, 0.15) is 29.9 Å². The molecule has 3 rings (SSSR count). The van der Waals surface area contributed by atoms with E-state index in [2.05, 4.69) is 4.98 Å². The van der Waals surface area contributed by atoms with E-state index in [1.54, 1.807) is 23.7 Å². The Morgan fingerprint density at radius 2 is 2.35 bits per heavy atom. The number of aliphatic hydroxyl groups is 1. The lowest BCUT2D eigenvalue weighted by Gasteiger charge is -2.28. The molecule has 1 aliphatic heterocycles. The predicted octanol–water partition coefficient (Wildman–Crippen LogP) is 3.35. The molecule has 0 fully saturated rings. The van der Waals surface area contributed by atoms with Crippen molar-refractivity contribution in [3.8, 4) is 5.75 Å². The number of thiazole rings is 1. The van der Waals surface area contributed by atoms with Crippen LogP contribution in [-0.2, 0) is 0 Å². The van der Waals surface area contributed by atoms with Crippen molar-refractivity contribution in [1.29, 1.82) is 0 Å². The van der Waals surface area contributed by atoms with Crippen LogP contribution < -0.4 is 4.74 Å². The van der Waals surface area contributed by atoms with Gasteiger partial charge in [0.25, 0.3) is 0 Å². The van der Waals surface area contributed by atoms with E-state index in [1.165, 1.54) is 11.3 Å². The molecule has 2 heterocycles. The largest absolute Gasteiger partial charge is 0.484 e. The third-order valence-electron chi connectivity index (χ3n) is 2.82. The van der Waals surface area contributed by atoms with Crippen LogP contribution in [0.2, 0.25) is 5.02 Å². The van der Waals surface area contributed by atoms with E-state index in [0.717, 1.165) is 11.3 Å². The maximum Gasteiger partial charge on any atom is 0.144 e. The van der Waals surface area contributed by atoms with E-state index in [1.807, 2.05) is 5.38 Å². The fourth-order valence-electron chi connectivity index (χ4n) is 1.98. The number of hydrogen-bond donors (Lipinski definition) is 1. The Kier molecular flexibility index (Phi) is 2.78. The SMILES string of the molecule is O[C@H]1CC(c2cscn2)Oc2ccc(Cl)cc21. The Morgan fingerprint density at radius 1 is 1.47 bits per heavy atom. The average molecular weight is 268 g/mol. The van der Waals surface area contributed by atoms with Crippen molar-refractivity contribution >= 4 is 22.9 Å². The van der Waals surface area contributed by atoms with Gasteiger partial charge in [-0.3, -0.25) is 0 Å². The van der Waals surface area contributed by atoms with Gasteiger partial charge < -0.3 is 9.84 Å². The summed E-state index contributed by atoms with van der Waals surface area (Å²) in [5, 5.41) is 12.6. The van der Waals surface area contributed by atoms with Gasteiger partial charge in [0.15, 0.2) is 0 Å². The Balaban J connectivity index is 1.96. The van der Waals surface area contributed by atoms with Crippen molar-refractivity contribution in [2.24, 2.45) is 0 Å².